The summed E-state index contributed by atoms with van der Waals surface area (Å²) in [6, 6.07) is 22.6. The Labute approximate surface area is 186 Å². The van der Waals surface area contributed by atoms with Crippen molar-refractivity contribution in [2.75, 3.05) is 5.73 Å². The molecule has 0 saturated carbocycles. The third kappa shape index (κ3) is 5.72. The van der Waals surface area contributed by atoms with Crippen LogP contribution in [0.1, 0.15) is 28.8 Å². The van der Waals surface area contributed by atoms with Crippen LogP contribution in [0, 0.1) is 0 Å². The highest BCUT2D eigenvalue weighted by Crippen LogP contribution is 2.22. The number of nitrogens with zero attached hydrogens (tertiary/aromatic N) is 1. The van der Waals surface area contributed by atoms with Gasteiger partial charge in [-0.3, -0.25) is 14.4 Å². The Morgan fingerprint density at radius 2 is 1.44 bits per heavy atom. The van der Waals surface area contributed by atoms with Crippen LogP contribution in [0.25, 0.3) is 11.1 Å². The summed E-state index contributed by atoms with van der Waals surface area (Å²) in [6.45, 7) is 0.0901. The van der Waals surface area contributed by atoms with Crippen LogP contribution in [-0.4, -0.2) is 33.8 Å². The summed E-state index contributed by atoms with van der Waals surface area (Å²) in [5.74, 6) is -2.23. The summed E-state index contributed by atoms with van der Waals surface area (Å²) in [4.78, 5) is 38.0. The number of anilines is 1. The SMILES string of the molecule is NC(=O)[C@H](CCC(=O)O)N(Cc1ccc(N)cc1)C(=O)c1ccc(-c2ccccc2)cc1. The molecule has 7 heteroatoms. The maximum atomic E-state index is 13.4. The quantitative estimate of drug-likeness (QED) is 0.448. The van der Waals surface area contributed by atoms with Gasteiger partial charge in [0.1, 0.15) is 6.04 Å². The van der Waals surface area contributed by atoms with Crippen LogP contribution in [0.2, 0.25) is 0 Å². The fourth-order valence-corrected chi connectivity index (χ4v) is 3.46. The zero-order valence-corrected chi connectivity index (χ0v) is 17.5. The van der Waals surface area contributed by atoms with Crippen LogP contribution in [0.15, 0.2) is 78.9 Å². The van der Waals surface area contributed by atoms with Gasteiger partial charge in [0.15, 0.2) is 0 Å². The molecule has 3 rings (SSSR count). The molecule has 0 heterocycles. The number of carbonyl (C=O) groups excluding carboxylic acids is 2. The third-order valence-corrected chi connectivity index (χ3v) is 5.17. The standard InChI is InChI=1S/C25H25N3O4/c26-21-12-6-17(7-13-21)16-28(22(24(27)31)14-15-23(29)30)25(32)20-10-8-19(9-11-20)18-4-2-1-3-5-18/h1-13,22H,14-16,26H2,(H2,27,31)(H,29,30)/t22-/m0/s1. The molecular formula is C25H25N3O4. The molecule has 0 fully saturated rings. The van der Waals surface area contributed by atoms with Crippen molar-refractivity contribution in [2.24, 2.45) is 5.73 Å². The lowest BCUT2D eigenvalue weighted by atomic mass is 10.0. The minimum Gasteiger partial charge on any atom is -0.481 e. The number of aliphatic carboxylic acids is 1. The second kappa shape index (κ2) is 10.3. The lowest BCUT2D eigenvalue weighted by Gasteiger charge is -2.30. The first-order chi connectivity index (χ1) is 15.3. The van der Waals surface area contributed by atoms with Gasteiger partial charge in [-0.05, 0) is 47.4 Å². The number of benzene rings is 3. The summed E-state index contributed by atoms with van der Waals surface area (Å²) in [6.07, 6.45) is -0.362. The molecule has 2 amide bonds. The van der Waals surface area contributed by atoms with Crippen molar-refractivity contribution in [1.29, 1.82) is 0 Å². The first-order valence-electron chi connectivity index (χ1n) is 10.2. The lowest BCUT2D eigenvalue weighted by Crippen LogP contribution is -2.47. The highest BCUT2D eigenvalue weighted by molar-refractivity contribution is 5.97. The molecule has 0 aliphatic rings. The van der Waals surface area contributed by atoms with Crippen LogP contribution < -0.4 is 11.5 Å². The molecular weight excluding hydrogens is 406 g/mol. The fourth-order valence-electron chi connectivity index (χ4n) is 3.46. The molecule has 5 N–H and O–H groups in total. The predicted octanol–water partition coefficient (Wildman–Crippen LogP) is 3.30. The Morgan fingerprint density at radius 1 is 0.844 bits per heavy atom. The van der Waals surface area contributed by atoms with Gasteiger partial charge in [0.25, 0.3) is 5.91 Å². The summed E-state index contributed by atoms with van der Waals surface area (Å²) < 4.78 is 0. The number of hydrogen-bond donors (Lipinski definition) is 3. The Hall–Kier alpha value is -4.13. The van der Waals surface area contributed by atoms with E-state index in [1.165, 1.54) is 4.90 Å². The number of amides is 2. The summed E-state index contributed by atoms with van der Waals surface area (Å²) in [5, 5.41) is 9.07. The number of nitrogen functional groups attached to an aromatic ring is 1. The molecule has 7 nitrogen and oxygen atoms in total. The summed E-state index contributed by atoms with van der Waals surface area (Å²) in [5.41, 5.74) is 15.0. The van der Waals surface area contributed by atoms with E-state index in [4.69, 9.17) is 16.6 Å². The van der Waals surface area contributed by atoms with Gasteiger partial charge in [-0.1, -0.05) is 54.6 Å². The highest BCUT2D eigenvalue weighted by atomic mass is 16.4. The van der Waals surface area contributed by atoms with E-state index in [1.807, 2.05) is 42.5 Å². The molecule has 0 aromatic heterocycles. The molecule has 0 spiro atoms. The highest BCUT2D eigenvalue weighted by Gasteiger charge is 2.29. The van der Waals surface area contributed by atoms with E-state index in [0.717, 1.165) is 16.7 Å². The minimum atomic E-state index is -1.07. The average Bonchev–Trinajstić information content (AvgIpc) is 2.79. The number of primary amides is 1. The van der Waals surface area contributed by atoms with Crippen molar-refractivity contribution >= 4 is 23.5 Å². The molecule has 0 aliphatic heterocycles. The van der Waals surface area contributed by atoms with Gasteiger partial charge in [0.2, 0.25) is 5.91 Å². The first-order valence-corrected chi connectivity index (χ1v) is 10.2. The van der Waals surface area contributed by atoms with E-state index in [0.29, 0.717) is 11.3 Å². The molecule has 164 valence electrons. The average molecular weight is 431 g/mol. The molecule has 0 aliphatic carbocycles. The second-order valence-electron chi connectivity index (χ2n) is 7.47. The Balaban J connectivity index is 1.91. The molecule has 3 aromatic carbocycles. The predicted molar refractivity (Wildman–Crippen MR) is 122 cm³/mol. The van der Waals surface area contributed by atoms with Crippen LogP contribution in [0.4, 0.5) is 5.69 Å². The van der Waals surface area contributed by atoms with Gasteiger partial charge < -0.3 is 21.5 Å². The van der Waals surface area contributed by atoms with Crippen LogP contribution >= 0.6 is 0 Å². The zero-order valence-electron chi connectivity index (χ0n) is 17.5. The Morgan fingerprint density at radius 3 is 2.00 bits per heavy atom. The molecule has 3 aromatic rings. The third-order valence-electron chi connectivity index (χ3n) is 5.17. The van der Waals surface area contributed by atoms with E-state index in [1.54, 1.807) is 36.4 Å². The van der Waals surface area contributed by atoms with Gasteiger partial charge in [-0.2, -0.15) is 0 Å². The molecule has 0 radical (unpaired) electrons. The lowest BCUT2D eigenvalue weighted by molar-refractivity contribution is -0.137. The summed E-state index contributed by atoms with van der Waals surface area (Å²) in [7, 11) is 0. The molecule has 1 atom stereocenters. The van der Waals surface area contributed by atoms with Gasteiger partial charge in [-0.25, -0.2) is 0 Å². The Bertz CT molecular complexity index is 1080. The van der Waals surface area contributed by atoms with Gasteiger partial charge in [-0.15, -0.1) is 0 Å². The maximum Gasteiger partial charge on any atom is 0.303 e. The summed E-state index contributed by atoms with van der Waals surface area (Å²) >= 11 is 0. The number of rotatable bonds is 9. The van der Waals surface area contributed by atoms with E-state index in [2.05, 4.69) is 0 Å². The van der Waals surface area contributed by atoms with Crippen LogP contribution in [0.3, 0.4) is 0 Å². The van der Waals surface area contributed by atoms with Crippen molar-refractivity contribution in [2.45, 2.75) is 25.4 Å². The van der Waals surface area contributed by atoms with Crippen LogP contribution in [0.5, 0.6) is 0 Å². The van der Waals surface area contributed by atoms with Gasteiger partial charge in [0.05, 0.1) is 0 Å². The topological polar surface area (TPSA) is 127 Å². The van der Waals surface area contributed by atoms with E-state index in [-0.39, 0.29) is 19.4 Å². The van der Waals surface area contributed by atoms with Crippen molar-refractivity contribution < 1.29 is 19.5 Å². The second-order valence-corrected chi connectivity index (χ2v) is 7.47. The number of carbonyl (C=O) groups is 3. The van der Waals surface area contributed by atoms with Crippen molar-refractivity contribution in [3.63, 3.8) is 0 Å². The Kier molecular flexibility index (Phi) is 7.23. The van der Waals surface area contributed by atoms with E-state index >= 15 is 0 Å². The fraction of sp³-hybridized carbons (Fsp3) is 0.160. The number of nitrogens with two attached hydrogens (primary N) is 2. The zero-order chi connectivity index (χ0) is 23.1. The molecule has 0 bridgehead atoms. The number of carboxylic acid groups (broad SMARTS) is 1. The van der Waals surface area contributed by atoms with Crippen molar-refractivity contribution in [3.8, 4) is 11.1 Å². The smallest absolute Gasteiger partial charge is 0.303 e. The monoisotopic (exact) mass is 431 g/mol. The van der Waals surface area contributed by atoms with Gasteiger partial charge in [0, 0.05) is 24.2 Å². The number of carboxylic acids is 1. The maximum absolute atomic E-state index is 13.4. The van der Waals surface area contributed by atoms with Gasteiger partial charge >= 0.3 is 5.97 Å². The largest absolute Gasteiger partial charge is 0.481 e. The van der Waals surface area contributed by atoms with E-state index in [9.17, 15) is 14.4 Å². The van der Waals surface area contributed by atoms with Crippen molar-refractivity contribution in [1.82, 2.24) is 4.90 Å². The molecule has 0 unspecified atom stereocenters. The van der Waals surface area contributed by atoms with Crippen LogP contribution in [-0.2, 0) is 16.1 Å². The first kappa shape index (κ1) is 22.6. The van der Waals surface area contributed by atoms with E-state index < -0.39 is 23.8 Å². The normalized spacial score (nSPS) is 11.5. The molecule has 32 heavy (non-hydrogen) atoms. The number of hydrogen-bond acceptors (Lipinski definition) is 4. The minimum absolute atomic E-state index is 0.0759. The molecule has 0 saturated heterocycles. The van der Waals surface area contributed by atoms with Crippen molar-refractivity contribution in [3.05, 3.63) is 90.0 Å².